The number of carboxylic acids is 1. The van der Waals surface area contributed by atoms with Crippen LogP contribution in [0.4, 0.5) is 5.69 Å². The molecule has 2 rings (SSSR count). The molecule has 1 heterocycles. The van der Waals surface area contributed by atoms with Gasteiger partial charge in [-0.1, -0.05) is 18.2 Å². The summed E-state index contributed by atoms with van der Waals surface area (Å²) in [7, 11) is 0. The molecule has 0 aliphatic carbocycles. The maximum Gasteiger partial charge on any atom is 0.291 e. The molecule has 6 heteroatoms. The summed E-state index contributed by atoms with van der Waals surface area (Å²) < 4.78 is 5.33. The molecular weight excluding hydrogens is 286 g/mol. The van der Waals surface area contributed by atoms with Gasteiger partial charge in [0.05, 0.1) is 6.10 Å². The summed E-state index contributed by atoms with van der Waals surface area (Å²) in [5, 5.41) is 23.0. The topological polar surface area (TPSA) is 103 Å². The third-order valence-electron chi connectivity index (χ3n) is 3.22. The van der Waals surface area contributed by atoms with E-state index in [4.69, 9.17) is 4.42 Å². The van der Waals surface area contributed by atoms with Crippen LogP contribution in [-0.2, 0) is 11.2 Å². The van der Waals surface area contributed by atoms with Crippen molar-refractivity contribution in [3.05, 3.63) is 54.0 Å². The molecule has 0 radical (unpaired) electrons. The number of aliphatic hydroxyl groups is 1. The van der Waals surface area contributed by atoms with Gasteiger partial charge in [-0.15, -0.1) is 0 Å². The molecule has 1 amide bonds. The SMILES string of the molecule is CC(O)C(Cc1ccc(C(=O)Nc2ccccc2)o1)C(=O)[O-]. The van der Waals surface area contributed by atoms with Crippen molar-refractivity contribution in [3.8, 4) is 0 Å². The van der Waals surface area contributed by atoms with Gasteiger partial charge in [0.2, 0.25) is 0 Å². The van der Waals surface area contributed by atoms with Crippen LogP contribution in [0.25, 0.3) is 0 Å². The molecule has 1 aromatic heterocycles. The molecule has 116 valence electrons. The van der Waals surface area contributed by atoms with Gasteiger partial charge in [0.25, 0.3) is 5.91 Å². The van der Waals surface area contributed by atoms with Crippen molar-refractivity contribution in [2.75, 3.05) is 5.32 Å². The molecule has 0 aliphatic heterocycles. The lowest BCUT2D eigenvalue weighted by Gasteiger charge is -2.19. The number of nitrogens with one attached hydrogen (secondary N) is 1. The van der Waals surface area contributed by atoms with Gasteiger partial charge in [-0.25, -0.2) is 0 Å². The Balaban J connectivity index is 2.04. The standard InChI is InChI=1S/C16H17NO5/c1-10(18)13(16(20)21)9-12-7-8-14(22-12)15(19)17-11-5-3-2-4-6-11/h2-8,10,13,18H,9H2,1H3,(H,17,19)(H,20,21)/p-1. The van der Waals surface area contributed by atoms with Gasteiger partial charge >= 0.3 is 0 Å². The van der Waals surface area contributed by atoms with Crippen molar-refractivity contribution in [2.24, 2.45) is 5.92 Å². The highest BCUT2D eigenvalue weighted by molar-refractivity contribution is 6.02. The highest BCUT2D eigenvalue weighted by Gasteiger charge is 2.20. The molecule has 0 aliphatic rings. The van der Waals surface area contributed by atoms with E-state index in [0.717, 1.165) is 0 Å². The average Bonchev–Trinajstić information content (AvgIpc) is 2.94. The first-order valence-corrected chi connectivity index (χ1v) is 6.81. The number of hydrogen-bond donors (Lipinski definition) is 2. The van der Waals surface area contributed by atoms with Gasteiger partial charge in [0.15, 0.2) is 5.76 Å². The Labute approximate surface area is 127 Å². The van der Waals surface area contributed by atoms with Crippen LogP contribution in [0.15, 0.2) is 46.9 Å². The van der Waals surface area contributed by atoms with Gasteiger partial charge in [-0.05, 0) is 31.2 Å². The van der Waals surface area contributed by atoms with Crippen LogP contribution in [0.2, 0.25) is 0 Å². The lowest BCUT2D eigenvalue weighted by molar-refractivity contribution is -0.314. The van der Waals surface area contributed by atoms with E-state index < -0.39 is 23.9 Å². The summed E-state index contributed by atoms with van der Waals surface area (Å²) in [5.74, 6) is -2.51. The molecule has 6 nitrogen and oxygen atoms in total. The number of aliphatic carboxylic acids is 1. The van der Waals surface area contributed by atoms with Crippen molar-refractivity contribution in [2.45, 2.75) is 19.4 Å². The van der Waals surface area contributed by atoms with E-state index in [1.54, 1.807) is 24.3 Å². The number of rotatable bonds is 6. The smallest absolute Gasteiger partial charge is 0.291 e. The zero-order valence-corrected chi connectivity index (χ0v) is 12.0. The number of furan rings is 1. The van der Waals surface area contributed by atoms with Gasteiger partial charge in [-0.2, -0.15) is 0 Å². The predicted molar refractivity (Wildman–Crippen MR) is 77.0 cm³/mol. The summed E-state index contributed by atoms with van der Waals surface area (Å²) in [5.41, 5.74) is 0.627. The highest BCUT2D eigenvalue weighted by Crippen LogP contribution is 2.17. The van der Waals surface area contributed by atoms with E-state index in [1.807, 2.05) is 6.07 Å². The summed E-state index contributed by atoms with van der Waals surface area (Å²) in [6, 6.07) is 11.9. The molecule has 0 fully saturated rings. The Bertz CT molecular complexity index is 648. The van der Waals surface area contributed by atoms with Crippen molar-refractivity contribution >= 4 is 17.6 Å². The fourth-order valence-corrected chi connectivity index (χ4v) is 1.99. The van der Waals surface area contributed by atoms with E-state index in [1.165, 1.54) is 19.1 Å². The summed E-state index contributed by atoms with van der Waals surface area (Å²) >= 11 is 0. The quantitative estimate of drug-likeness (QED) is 0.822. The predicted octanol–water partition coefficient (Wildman–Crippen LogP) is 0.821. The van der Waals surface area contributed by atoms with Crippen LogP contribution in [0.1, 0.15) is 23.2 Å². The van der Waals surface area contributed by atoms with Crippen molar-refractivity contribution in [1.82, 2.24) is 0 Å². The number of para-hydroxylation sites is 1. The summed E-state index contributed by atoms with van der Waals surface area (Å²) in [4.78, 5) is 22.9. The molecule has 0 bridgehead atoms. The maximum absolute atomic E-state index is 12.0. The number of carbonyl (C=O) groups is 2. The Morgan fingerprint density at radius 3 is 2.50 bits per heavy atom. The molecule has 1 aromatic carbocycles. The van der Waals surface area contributed by atoms with Crippen LogP contribution in [-0.4, -0.2) is 23.1 Å². The summed E-state index contributed by atoms with van der Waals surface area (Å²) in [6.45, 7) is 1.37. The highest BCUT2D eigenvalue weighted by atomic mass is 16.4. The molecule has 0 saturated carbocycles. The second-order valence-corrected chi connectivity index (χ2v) is 4.96. The van der Waals surface area contributed by atoms with Crippen molar-refractivity contribution in [1.29, 1.82) is 0 Å². The Kier molecular flexibility index (Phi) is 4.95. The fraction of sp³-hybridized carbons (Fsp3) is 0.250. The molecule has 0 spiro atoms. The van der Waals surface area contributed by atoms with E-state index in [-0.39, 0.29) is 12.2 Å². The minimum Gasteiger partial charge on any atom is -0.550 e. The first-order chi connectivity index (χ1) is 10.5. The Morgan fingerprint density at radius 1 is 1.23 bits per heavy atom. The van der Waals surface area contributed by atoms with E-state index in [9.17, 15) is 19.8 Å². The first-order valence-electron chi connectivity index (χ1n) is 6.81. The van der Waals surface area contributed by atoms with Crippen LogP contribution < -0.4 is 10.4 Å². The largest absolute Gasteiger partial charge is 0.550 e. The van der Waals surface area contributed by atoms with E-state index >= 15 is 0 Å². The third-order valence-corrected chi connectivity index (χ3v) is 3.22. The van der Waals surface area contributed by atoms with Crippen LogP contribution in [0.3, 0.4) is 0 Å². The number of anilines is 1. The maximum atomic E-state index is 12.0. The van der Waals surface area contributed by atoms with E-state index in [0.29, 0.717) is 11.4 Å². The van der Waals surface area contributed by atoms with Crippen LogP contribution in [0.5, 0.6) is 0 Å². The Hall–Kier alpha value is -2.60. The van der Waals surface area contributed by atoms with Crippen LogP contribution >= 0.6 is 0 Å². The second-order valence-electron chi connectivity index (χ2n) is 4.96. The number of hydrogen-bond acceptors (Lipinski definition) is 5. The molecule has 22 heavy (non-hydrogen) atoms. The number of amides is 1. The molecular formula is C16H16NO5-. The minimum atomic E-state index is -1.36. The van der Waals surface area contributed by atoms with Crippen molar-refractivity contribution < 1.29 is 24.2 Å². The number of carboxylic acid groups (broad SMARTS) is 1. The average molecular weight is 302 g/mol. The second kappa shape index (κ2) is 6.91. The minimum absolute atomic E-state index is 0.0430. The van der Waals surface area contributed by atoms with Gasteiger partial charge in [-0.3, -0.25) is 4.79 Å². The van der Waals surface area contributed by atoms with Gasteiger partial charge in [0.1, 0.15) is 5.76 Å². The number of aliphatic hydroxyl groups excluding tert-OH is 1. The monoisotopic (exact) mass is 302 g/mol. The van der Waals surface area contributed by atoms with Gasteiger partial charge in [0, 0.05) is 24.0 Å². The zero-order valence-electron chi connectivity index (χ0n) is 12.0. The van der Waals surface area contributed by atoms with Crippen molar-refractivity contribution in [3.63, 3.8) is 0 Å². The summed E-state index contributed by atoms with van der Waals surface area (Å²) in [6.07, 6.45) is -1.12. The van der Waals surface area contributed by atoms with Gasteiger partial charge < -0.3 is 24.7 Å². The third kappa shape index (κ3) is 3.95. The number of benzene rings is 1. The Morgan fingerprint density at radius 2 is 1.91 bits per heavy atom. The first kappa shape index (κ1) is 15.8. The molecule has 2 atom stereocenters. The lowest BCUT2D eigenvalue weighted by atomic mass is 9.99. The lowest BCUT2D eigenvalue weighted by Crippen LogP contribution is -2.38. The normalized spacial score (nSPS) is 13.4. The fourth-order valence-electron chi connectivity index (χ4n) is 1.99. The van der Waals surface area contributed by atoms with E-state index in [2.05, 4.69) is 5.32 Å². The molecule has 0 saturated heterocycles. The molecule has 2 aromatic rings. The molecule has 2 unspecified atom stereocenters. The number of carbonyl (C=O) groups excluding carboxylic acids is 2. The zero-order chi connectivity index (χ0) is 16.1. The van der Waals surface area contributed by atoms with Crippen LogP contribution in [0, 0.1) is 5.92 Å². The molecule has 2 N–H and O–H groups in total.